The van der Waals surface area contributed by atoms with Gasteiger partial charge in [-0.25, -0.2) is 12.8 Å². The second kappa shape index (κ2) is 8.32. The summed E-state index contributed by atoms with van der Waals surface area (Å²) in [4.78, 5) is 25.6. The van der Waals surface area contributed by atoms with E-state index in [-0.39, 0.29) is 28.6 Å². The second-order valence-corrected chi connectivity index (χ2v) is 9.49. The van der Waals surface area contributed by atoms with E-state index < -0.39 is 39.6 Å². The van der Waals surface area contributed by atoms with E-state index >= 15 is 0 Å². The smallest absolute Gasteiger partial charge is 0.251 e. The van der Waals surface area contributed by atoms with Gasteiger partial charge in [-0.3, -0.25) is 9.59 Å². The zero-order chi connectivity index (χ0) is 21.2. The summed E-state index contributed by atoms with van der Waals surface area (Å²) in [5.41, 5.74) is 0.804. The lowest BCUT2D eigenvalue weighted by atomic mass is 9.99. The van der Waals surface area contributed by atoms with Gasteiger partial charge in [0.1, 0.15) is 11.9 Å². The first-order valence-corrected chi connectivity index (χ1v) is 11.0. The molecule has 2 aromatic rings. The van der Waals surface area contributed by atoms with Crippen LogP contribution in [0.25, 0.3) is 0 Å². The molecule has 2 atom stereocenters. The van der Waals surface area contributed by atoms with E-state index in [9.17, 15) is 22.4 Å². The Kier molecular flexibility index (Phi) is 6.02. The fourth-order valence-corrected chi connectivity index (χ4v) is 4.98. The highest BCUT2D eigenvalue weighted by Crippen LogP contribution is 2.32. The summed E-state index contributed by atoms with van der Waals surface area (Å²) >= 11 is 0. The SMILES string of the molecule is CC(C)[C@H](NC(=O)c1ccc(F)cc1)C(=O)NC1CCS(=O)(=O)c2ccccc21. The number of hydrogen-bond donors (Lipinski definition) is 2. The van der Waals surface area contributed by atoms with Crippen molar-refractivity contribution in [2.75, 3.05) is 5.75 Å². The van der Waals surface area contributed by atoms with Gasteiger partial charge in [-0.15, -0.1) is 0 Å². The Bertz CT molecular complexity index is 1020. The van der Waals surface area contributed by atoms with Crippen molar-refractivity contribution in [3.8, 4) is 0 Å². The molecule has 1 aliphatic heterocycles. The van der Waals surface area contributed by atoms with Gasteiger partial charge in [0.05, 0.1) is 16.7 Å². The Hall–Kier alpha value is -2.74. The number of benzene rings is 2. The van der Waals surface area contributed by atoms with Crippen molar-refractivity contribution in [1.82, 2.24) is 10.6 Å². The summed E-state index contributed by atoms with van der Waals surface area (Å²) in [6, 6.07) is 10.4. The maximum Gasteiger partial charge on any atom is 0.251 e. The molecule has 1 aliphatic rings. The second-order valence-electron chi connectivity index (χ2n) is 7.41. The number of amides is 2. The lowest BCUT2D eigenvalue weighted by Crippen LogP contribution is -2.51. The maximum absolute atomic E-state index is 13.1. The van der Waals surface area contributed by atoms with Crippen molar-refractivity contribution in [3.63, 3.8) is 0 Å². The third-order valence-corrected chi connectivity index (χ3v) is 6.78. The Morgan fingerprint density at radius 2 is 1.72 bits per heavy atom. The minimum absolute atomic E-state index is 0.0523. The van der Waals surface area contributed by atoms with Crippen LogP contribution >= 0.6 is 0 Å². The highest BCUT2D eigenvalue weighted by atomic mass is 32.2. The fraction of sp³-hybridized carbons (Fsp3) is 0.333. The van der Waals surface area contributed by atoms with Crippen LogP contribution in [0.3, 0.4) is 0 Å². The molecule has 2 amide bonds. The molecule has 0 aromatic heterocycles. The monoisotopic (exact) mass is 418 g/mol. The molecule has 154 valence electrons. The molecule has 8 heteroatoms. The van der Waals surface area contributed by atoms with Crippen molar-refractivity contribution >= 4 is 21.7 Å². The molecule has 0 bridgehead atoms. The predicted octanol–water partition coefficient (Wildman–Crippen LogP) is 2.62. The van der Waals surface area contributed by atoms with Gasteiger partial charge >= 0.3 is 0 Å². The molecule has 3 rings (SSSR count). The standard InChI is InChI=1S/C21H23FN2O4S/c1-13(2)19(24-20(25)14-7-9-15(22)10-8-14)21(26)23-17-11-12-29(27,28)18-6-4-3-5-16(17)18/h3-10,13,17,19H,11-12H2,1-2H3,(H,23,26)(H,24,25)/t17?,19-/m0/s1. The van der Waals surface area contributed by atoms with Crippen molar-refractivity contribution < 1.29 is 22.4 Å². The highest BCUT2D eigenvalue weighted by molar-refractivity contribution is 7.91. The topological polar surface area (TPSA) is 92.3 Å². The van der Waals surface area contributed by atoms with Crippen LogP contribution in [0.15, 0.2) is 53.4 Å². The fourth-order valence-electron chi connectivity index (χ4n) is 3.36. The van der Waals surface area contributed by atoms with Gasteiger partial charge in [-0.05, 0) is 48.2 Å². The Balaban J connectivity index is 1.77. The molecule has 0 saturated heterocycles. The summed E-state index contributed by atoms with van der Waals surface area (Å²) in [5.74, 6) is -1.59. The van der Waals surface area contributed by atoms with Gasteiger partial charge < -0.3 is 10.6 Å². The molecule has 29 heavy (non-hydrogen) atoms. The molecule has 0 aliphatic carbocycles. The van der Waals surface area contributed by atoms with Gasteiger partial charge in [-0.1, -0.05) is 32.0 Å². The number of nitrogens with one attached hydrogen (secondary N) is 2. The van der Waals surface area contributed by atoms with Crippen LogP contribution in [0.5, 0.6) is 0 Å². The number of fused-ring (bicyclic) bond motifs is 1. The lowest BCUT2D eigenvalue weighted by molar-refractivity contribution is -0.124. The van der Waals surface area contributed by atoms with Crippen LogP contribution in [0.4, 0.5) is 4.39 Å². The van der Waals surface area contributed by atoms with Gasteiger partial charge in [0.15, 0.2) is 9.84 Å². The Morgan fingerprint density at radius 3 is 2.38 bits per heavy atom. The van der Waals surface area contributed by atoms with Crippen LogP contribution in [0.1, 0.15) is 42.2 Å². The number of sulfone groups is 1. The van der Waals surface area contributed by atoms with Crippen LogP contribution in [-0.4, -0.2) is 32.0 Å². The average molecular weight is 418 g/mol. The van der Waals surface area contributed by atoms with Gasteiger partial charge in [0.2, 0.25) is 5.91 Å². The molecular formula is C21H23FN2O4S. The van der Waals surface area contributed by atoms with E-state index in [1.54, 1.807) is 38.1 Å². The number of carbonyl (C=O) groups is 2. The van der Waals surface area contributed by atoms with Crippen LogP contribution in [-0.2, 0) is 14.6 Å². The highest BCUT2D eigenvalue weighted by Gasteiger charge is 2.33. The summed E-state index contributed by atoms with van der Waals surface area (Å²) in [6.45, 7) is 3.60. The molecule has 0 radical (unpaired) electrons. The van der Waals surface area contributed by atoms with Crippen molar-refractivity contribution in [2.45, 2.75) is 37.2 Å². The Morgan fingerprint density at radius 1 is 1.07 bits per heavy atom. The van der Waals surface area contributed by atoms with Crippen molar-refractivity contribution in [1.29, 1.82) is 0 Å². The predicted molar refractivity (Wildman–Crippen MR) is 106 cm³/mol. The van der Waals surface area contributed by atoms with Gasteiger partial charge in [-0.2, -0.15) is 0 Å². The van der Waals surface area contributed by atoms with E-state index in [0.29, 0.717) is 5.56 Å². The first-order chi connectivity index (χ1) is 13.7. The quantitative estimate of drug-likeness (QED) is 0.781. The first kappa shape index (κ1) is 21.0. The van der Waals surface area contributed by atoms with Crippen LogP contribution in [0, 0.1) is 11.7 Å². The molecule has 6 nitrogen and oxygen atoms in total. The minimum Gasteiger partial charge on any atom is -0.347 e. The van der Waals surface area contributed by atoms with Crippen molar-refractivity contribution in [3.05, 3.63) is 65.5 Å². The molecule has 0 saturated carbocycles. The summed E-state index contributed by atoms with van der Waals surface area (Å²) in [7, 11) is -3.36. The number of hydrogen-bond acceptors (Lipinski definition) is 4. The Labute approximate surface area is 169 Å². The van der Waals surface area contributed by atoms with E-state index in [4.69, 9.17) is 0 Å². The zero-order valence-corrected chi connectivity index (χ0v) is 17.0. The summed E-state index contributed by atoms with van der Waals surface area (Å²) < 4.78 is 37.6. The molecule has 2 aromatic carbocycles. The third-order valence-electron chi connectivity index (χ3n) is 4.96. The van der Waals surface area contributed by atoms with Crippen molar-refractivity contribution in [2.24, 2.45) is 5.92 Å². The maximum atomic E-state index is 13.1. The van der Waals surface area contributed by atoms with Gasteiger partial charge in [0, 0.05) is 5.56 Å². The van der Waals surface area contributed by atoms with E-state index in [1.165, 1.54) is 24.3 Å². The summed E-state index contributed by atoms with van der Waals surface area (Å²) in [6.07, 6.45) is 0.266. The normalized spacial score (nSPS) is 18.6. The molecule has 1 heterocycles. The molecule has 0 spiro atoms. The molecule has 0 fully saturated rings. The summed E-state index contributed by atoms with van der Waals surface area (Å²) in [5, 5.41) is 5.57. The number of halogens is 1. The zero-order valence-electron chi connectivity index (χ0n) is 16.2. The van der Waals surface area contributed by atoms with Crippen LogP contribution < -0.4 is 10.6 Å². The minimum atomic E-state index is -3.36. The first-order valence-electron chi connectivity index (χ1n) is 9.37. The van der Waals surface area contributed by atoms with Crippen LogP contribution in [0.2, 0.25) is 0 Å². The molecule has 1 unspecified atom stereocenters. The molecular weight excluding hydrogens is 395 g/mol. The number of carbonyl (C=O) groups excluding carboxylic acids is 2. The number of rotatable bonds is 5. The third kappa shape index (κ3) is 4.64. The lowest BCUT2D eigenvalue weighted by Gasteiger charge is -2.29. The van der Waals surface area contributed by atoms with E-state index in [1.807, 2.05) is 0 Å². The molecule has 2 N–H and O–H groups in total. The van der Waals surface area contributed by atoms with E-state index in [2.05, 4.69) is 10.6 Å². The average Bonchev–Trinajstić information content (AvgIpc) is 2.68. The largest absolute Gasteiger partial charge is 0.347 e. The van der Waals surface area contributed by atoms with E-state index in [0.717, 1.165) is 0 Å². The van der Waals surface area contributed by atoms with Gasteiger partial charge in [0.25, 0.3) is 5.91 Å².